The molecule has 0 saturated carbocycles. The topological polar surface area (TPSA) is 78.9 Å². The summed E-state index contributed by atoms with van der Waals surface area (Å²) in [6.07, 6.45) is 0.0158. The minimum absolute atomic E-state index is 0.175. The lowest BCUT2D eigenvalue weighted by Crippen LogP contribution is -2.43. The second kappa shape index (κ2) is 6.45. The molecule has 2 N–H and O–H groups in total. The summed E-state index contributed by atoms with van der Waals surface area (Å²) in [5.41, 5.74) is 0. The maximum atomic E-state index is 12.8. The van der Waals surface area contributed by atoms with E-state index >= 15 is 0 Å². The number of allylic oxidation sites excluding steroid dienone is 1. The summed E-state index contributed by atoms with van der Waals surface area (Å²) >= 11 is 0. The Morgan fingerprint density at radius 1 is 1.36 bits per heavy atom. The zero-order valence-electron chi connectivity index (χ0n) is 11.7. The molecule has 3 atom stereocenters. The Hall–Kier alpha value is -1.93. The standard InChI is InChI=1S/C13H17F3N2O4/c14-13(15,16)10-7-18(6-9(10)11(19)20)12(21)17-5-8-3-1-2-4-22-8/h2,4,8-10H,1,3,5-7H2,(H,17,21)(H,19,20)/t8?,9-,10-/m1/s1. The summed E-state index contributed by atoms with van der Waals surface area (Å²) in [5, 5.41) is 11.4. The van der Waals surface area contributed by atoms with Crippen molar-refractivity contribution in [2.24, 2.45) is 11.8 Å². The maximum absolute atomic E-state index is 12.8. The Kier molecular flexibility index (Phi) is 4.82. The first-order chi connectivity index (χ1) is 10.3. The van der Waals surface area contributed by atoms with Gasteiger partial charge in [0.15, 0.2) is 0 Å². The molecular weight excluding hydrogens is 305 g/mol. The maximum Gasteiger partial charge on any atom is 0.394 e. The lowest BCUT2D eigenvalue weighted by Gasteiger charge is -2.22. The van der Waals surface area contributed by atoms with E-state index in [9.17, 15) is 22.8 Å². The van der Waals surface area contributed by atoms with Crippen molar-refractivity contribution >= 4 is 12.0 Å². The minimum atomic E-state index is -4.64. The number of amides is 2. The van der Waals surface area contributed by atoms with E-state index in [1.54, 1.807) is 0 Å². The number of hydrogen-bond donors (Lipinski definition) is 2. The second-order valence-electron chi connectivity index (χ2n) is 5.39. The van der Waals surface area contributed by atoms with Crippen LogP contribution in [0.25, 0.3) is 0 Å². The van der Waals surface area contributed by atoms with Gasteiger partial charge in [-0.3, -0.25) is 4.79 Å². The third-order valence-electron chi connectivity index (χ3n) is 3.85. The van der Waals surface area contributed by atoms with Gasteiger partial charge in [-0.25, -0.2) is 4.79 Å². The molecule has 0 aromatic rings. The number of carbonyl (C=O) groups is 2. The van der Waals surface area contributed by atoms with E-state index in [1.807, 2.05) is 6.08 Å². The third kappa shape index (κ3) is 3.83. The molecule has 0 spiro atoms. The van der Waals surface area contributed by atoms with Crippen molar-refractivity contribution in [1.82, 2.24) is 10.2 Å². The van der Waals surface area contributed by atoms with Crippen LogP contribution < -0.4 is 5.32 Å². The Labute approximate surface area is 124 Å². The second-order valence-corrected chi connectivity index (χ2v) is 5.39. The van der Waals surface area contributed by atoms with Crippen molar-refractivity contribution in [3.05, 3.63) is 12.3 Å². The molecule has 9 heteroatoms. The fourth-order valence-electron chi connectivity index (χ4n) is 2.60. The average molecular weight is 322 g/mol. The van der Waals surface area contributed by atoms with Gasteiger partial charge >= 0.3 is 18.2 Å². The number of carbonyl (C=O) groups excluding carboxylic acids is 1. The molecule has 22 heavy (non-hydrogen) atoms. The van der Waals surface area contributed by atoms with Gasteiger partial charge in [0.25, 0.3) is 0 Å². The van der Waals surface area contributed by atoms with Crippen LogP contribution in [0.4, 0.5) is 18.0 Å². The SMILES string of the molecule is O=C(O)[C@@H]1CN(C(=O)NCC2CCC=CO2)C[C@H]1C(F)(F)F. The largest absolute Gasteiger partial charge is 0.497 e. The predicted octanol–water partition coefficient (Wildman–Crippen LogP) is 1.58. The van der Waals surface area contributed by atoms with Crippen LogP contribution in [0.3, 0.4) is 0 Å². The van der Waals surface area contributed by atoms with E-state index in [-0.39, 0.29) is 12.6 Å². The number of likely N-dealkylation sites (tertiary alicyclic amines) is 1. The van der Waals surface area contributed by atoms with Crippen molar-refractivity contribution < 1.29 is 32.6 Å². The summed E-state index contributed by atoms with van der Waals surface area (Å²) in [6.45, 7) is -0.914. The first-order valence-corrected chi connectivity index (χ1v) is 6.92. The number of nitrogens with one attached hydrogen (secondary N) is 1. The van der Waals surface area contributed by atoms with Crippen molar-refractivity contribution in [2.75, 3.05) is 19.6 Å². The lowest BCUT2D eigenvalue weighted by molar-refractivity contribution is -0.187. The van der Waals surface area contributed by atoms with Crippen molar-refractivity contribution in [2.45, 2.75) is 25.1 Å². The molecule has 0 aromatic carbocycles. The van der Waals surface area contributed by atoms with Gasteiger partial charge in [-0.2, -0.15) is 13.2 Å². The van der Waals surface area contributed by atoms with Gasteiger partial charge in [-0.1, -0.05) is 0 Å². The summed E-state index contributed by atoms with van der Waals surface area (Å²) < 4.78 is 43.7. The van der Waals surface area contributed by atoms with Crippen LogP contribution in [0.2, 0.25) is 0 Å². The van der Waals surface area contributed by atoms with Crippen LogP contribution in [0.5, 0.6) is 0 Å². The molecule has 1 saturated heterocycles. The molecule has 2 rings (SSSR count). The van der Waals surface area contributed by atoms with Crippen LogP contribution >= 0.6 is 0 Å². The van der Waals surface area contributed by atoms with Crippen molar-refractivity contribution in [3.63, 3.8) is 0 Å². The van der Waals surface area contributed by atoms with Crippen molar-refractivity contribution in [1.29, 1.82) is 0 Å². The van der Waals surface area contributed by atoms with Gasteiger partial charge in [0.1, 0.15) is 6.10 Å². The Balaban J connectivity index is 1.90. The number of hydrogen-bond acceptors (Lipinski definition) is 3. The van der Waals surface area contributed by atoms with Crippen LogP contribution in [0.1, 0.15) is 12.8 Å². The van der Waals surface area contributed by atoms with E-state index in [1.165, 1.54) is 6.26 Å². The van der Waals surface area contributed by atoms with Gasteiger partial charge in [0, 0.05) is 13.1 Å². The fourth-order valence-corrected chi connectivity index (χ4v) is 2.60. The first kappa shape index (κ1) is 16.4. The molecule has 2 amide bonds. The Morgan fingerprint density at radius 2 is 2.09 bits per heavy atom. The van der Waals surface area contributed by atoms with Gasteiger partial charge in [0.2, 0.25) is 0 Å². The van der Waals surface area contributed by atoms with Gasteiger partial charge in [0.05, 0.1) is 24.6 Å². The number of ether oxygens (including phenoxy) is 1. The molecule has 2 aliphatic rings. The van der Waals surface area contributed by atoms with Crippen LogP contribution in [0, 0.1) is 11.8 Å². The molecule has 0 radical (unpaired) electrons. The number of aliphatic carboxylic acids is 1. The highest BCUT2D eigenvalue weighted by Gasteiger charge is 2.53. The molecule has 124 valence electrons. The average Bonchev–Trinajstić information content (AvgIpc) is 2.91. The molecule has 1 fully saturated rings. The molecule has 0 aromatic heterocycles. The number of alkyl halides is 3. The summed E-state index contributed by atoms with van der Waals surface area (Å²) in [7, 11) is 0. The van der Waals surface area contributed by atoms with Gasteiger partial charge < -0.3 is 20.1 Å². The molecule has 0 aliphatic carbocycles. The number of nitrogens with zero attached hydrogens (tertiary/aromatic N) is 1. The molecule has 0 bridgehead atoms. The van der Waals surface area contributed by atoms with Crippen LogP contribution in [-0.2, 0) is 9.53 Å². The van der Waals surface area contributed by atoms with Gasteiger partial charge in [-0.05, 0) is 18.9 Å². The van der Waals surface area contributed by atoms with E-state index in [0.717, 1.165) is 11.3 Å². The Bertz CT molecular complexity index is 467. The number of carboxylic acids is 1. The van der Waals surface area contributed by atoms with E-state index in [0.29, 0.717) is 6.42 Å². The number of halogens is 3. The minimum Gasteiger partial charge on any atom is -0.497 e. The fraction of sp³-hybridized carbons (Fsp3) is 0.692. The highest BCUT2D eigenvalue weighted by Crippen LogP contribution is 2.37. The highest BCUT2D eigenvalue weighted by molar-refractivity contribution is 5.77. The zero-order valence-corrected chi connectivity index (χ0v) is 11.7. The Morgan fingerprint density at radius 3 is 2.59 bits per heavy atom. The smallest absolute Gasteiger partial charge is 0.394 e. The van der Waals surface area contributed by atoms with Crippen LogP contribution in [0.15, 0.2) is 12.3 Å². The monoisotopic (exact) mass is 322 g/mol. The predicted molar refractivity (Wildman–Crippen MR) is 68.9 cm³/mol. The molecule has 2 heterocycles. The normalized spacial score (nSPS) is 28.3. The highest BCUT2D eigenvalue weighted by atomic mass is 19.4. The summed E-state index contributed by atoms with van der Waals surface area (Å²) in [5.74, 6) is -5.21. The van der Waals surface area contributed by atoms with Gasteiger partial charge in [-0.15, -0.1) is 0 Å². The van der Waals surface area contributed by atoms with Crippen LogP contribution in [-0.4, -0.2) is 53.9 Å². The summed E-state index contributed by atoms with van der Waals surface area (Å²) in [4.78, 5) is 23.8. The third-order valence-corrected chi connectivity index (χ3v) is 3.85. The lowest BCUT2D eigenvalue weighted by atomic mass is 9.96. The van der Waals surface area contributed by atoms with E-state index in [2.05, 4.69) is 5.32 Å². The number of urea groups is 1. The zero-order chi connectivity index (χ0) is 16.3. The van der Waals surface area contributed by atoms with E-state index < -0.39 is 43.1 Å². The summed E-state index contributed by atoms with van der Waals surface area (Å²) in [6, 6.07) is -0.698. The number of rotatable bonds is 3. The first-order valence-electron chi connectivity index (χ1n) is 6.92. The molecule has 6 nitrogen and oxygen atoms in total. The molecule has 2 aliphatic heterocycles. The quantitative estimate of drug-likeness (QED) is 0.827. The molecular formula is C13H17F3N2O4. The van der Waals surface area contributed by atoms with E-state index in [4.69, 9.17) is 9.84 Å². The number of carboxylic acid groups (broad SMARTS) is 1. The molecule has 1 unspecified atom stereocenters. The van der Waals surface area contributed by atoms with Crippen molar-refractivity contribution in [3.8, 4) is 0 Å².